The summed E-state index contributed by atoms with van der Waals surface area (Å²) in [7, 11) is 1.71. The predicted molar refractivity (Wildman–Crippen MR) is 81.8 cm³/mol. The van der Waals surface area contributed by atoms with Crippen molar-refractivity contribution >= 4 is 17.2 Å². The van der Waals surface area contributed by atoms with E-state index in [1.54, 1.807) is 7.11 Å². The van der Waals surface area contributed by atoms with Crippen LogP contribution in [0.25, 0.3) is 0 Å². The molecule has 0 spiro atoms. The maximum absolute atomic E-state index is 5.71. The van der Waals surface area contributed by atoms with Gasteiger partial charge >= 0.3 is 0 Å². The Kier molecular flexibility index (Phi) is 7.40. The predicted octanol–water partition coefficient (Wildman–Crippen LogP) is 1.67. The summed E-state index contributed by atoms with van der Waals surface area (Å²) in [4.78, 5) is 2.67. The Morgan fingerprint density at radius 3 is 2.68 bits per heavy atom. The Hall–Kier alpha value is -1.17. The highest BCUT2D eigenvalue weighted by atomic mass is 32.1. The standard InChI is InChI=1S/C14H22N2O2S/c1-3-16(7-9-17-2)8-10-18-13-6-4-5-12(11-13)14(15)19/h4-6,11H,3,7-10H2,1-2H3,(H2,15,19). The van der Waals surface area contributed by atoms with E-state index in [-0.39, 0.29) is 0 Å². The minimum Gasteiger partial charge on any atom is -0.492 e. The zero-order chi connectivity index (χ0) is 14.1. The van der Waals surface area contributed by atoms with Crippen molar-refractivity contribution in [1.82, 2.24) is 4.90 Å². The second-order valence-electron chi connectivity index (χ2n) is 4.17. The molecule has 106 valence electrons. The summed E-state index contributed by atoms with van der Waals surface area (Å²) >= 11 is 4.94. The molecular weight excluding hydrogens is 260 g/mol. The van der Waals surface area contributed by atoms with Gasteiger partial charge in [0.25, 0.3) is 0 Å². The summed E-state index contributed by atoms with van der Waals surface area (Å²) in [5.74, 6) is 0.799. The Labute approximate surface area is 120 Å². The smallest absolute Gasteiger partial charge is 0.120 e. The van der Waals surface area contributed by atoms with Crippen LogP contribution in [0.15, 0.2) is 24.3 Å². The SMILES string of the molecule is CCN(CCOC)CCOc1cccc(C(N)=S)c1. The van der Waals surface area contributed by atoms with Gasteiger partial charge in [-0.25, -0.2) is 0 Å². The van der Waals surface area contributed by atoms with Crippen molar-refractivity contribution in [2.24, 2.45) is 5.73 Å². The van der Waals surface area contributed by atoms with Crippen LogP contribution in [0.4, 0.5) is 0 Å². The van der Waals surface area contributed by atoms with Crippen LogP contribution in [0.1, 0.15) is 12.5 Å². The van der Waals surface area contributed by atoms with E-state index >= 15 is 0 Å². The van der Waals surface area contributed by atoms with Crippen LogP contribution in [0.2, 0.25) is 0 Å². The maximum Gasteiger partial charge on any atom is 0.120 e. The highest BCUT2D eigenvalue weighted by Crippen LogP contribution is 2.13. The van der Waals surface area contributed by atoms with Crippen LogP contribution in [0, 0.1) is 0 Å². The fourth-order valence-corrected chi connectivity index (χ4v) is 1.81. The van der Waals surface area contributed by atoms with Crippen LogP contribution in [-0.4, -0.2) is 49.8 Å². The lowest BCUT2D eigenvalue weighted by Crippen LogP contribution is -2.31. The van der Waals surface area contributed by atoms with Crippen molar-refractivity contribution in [1.29, 1.82) is 0 Å². The quantitative estimate of drug-likeness (QED) is 0.698. The summed E-state index contributed by atoms with van der Waals surface area (Å²) in [6.07, 6.45) is 0. The highest BCUT2D eigenvalue weighted by molar-refractivity contribution is 7.80. The average Bonchev–Trinajstić information content (AvgIpc) is 2.43. The van der Waals surface area contributed by atoms with Crippen molar-refractivity contribution in [3.05, 3.63) is 29.8 Å². The van der Waals surface area contributed by atoms with Gasteiger partial charge in [0.05, 0.1) is 6.61 Å². The number of hydrogen-bond acceptors (Lipinski definition) is 4. The van der Waals surface area contributed by atoms with Crippen molar-refractivity contribution in [3.8, 4) is 5.75 Å². The molecule has 0 saturated carbocycles. The molecular formula is C14H22N2O2S. The van der Waals surface area contributed by atoms with Crippen LogP contribution < -0.4 is 10.5 Å². The molecule has 4 nitrogen and oxygen atoms in total. The minimum absolute atomic E-state index is 0.390. The number of nitrogens with zero attached hydrogens (tertiary/aromatic N) is 1. The molecule has 0 saturated heterocycles. The molecule has 0 aliphatic heterocycles. The highest BCUT2D eigenvalue weighted by Gasteiger charge is 2.03. The van der Waals surface area contributed by atoms with Crippen molar-refractivity contribution in [2.75, 3.05) is 40.0 Å². The van der Waals surface area contributed by atoms with E-state index in [1.165, 1.54) is 0 Å². The summed E-state index contributed by atoms with van der Waals surface area (Å²) in [6, 6.07) is 7.56. The third-order valence-corrected chi connectivity index (χ3v) is 3.09. The molecule has 5 heteroatoms. The number of thiocarbonyl (C=S) groups is 1. The lowest BCUT2D eigenvalue weighted by Gasteiger charge is -2.19. The van der Waals surface area contributed by atoms with Crippen LogP contribution in [-0.2, 0) is 4.74 Å². The first-order valence-electron chi connectivity index (χ1n) is 6.41. The maximum atomic E-state index is 5.71. The van der Waals surface area contributed by atoms with E-state index in [1.807, 2.05) is 24.3 Å². The van der Waals surface area contributed by atoms with Gasteiger partial charge in [0, 0.05) is 25.8 Å². The number of likely N-dealkylation sites (N-methyl/N-ethyl adjacent to an activating group) is 1. The first-order valence-corrected chi connectivity index (χ1v) is 6.82. The summed E-state index contributed by atoms with van der Waals surface area (Å²) in [5.41, 5.74) is 6.42. The zero-order valence-electron chi connectivity index (χ0n) is 11.6. The van der Waals surface area contributed by atoms with Gasteiger partial charge in [-0.3, -0.25) is 4.90 Å². The molecule has 0 heterocycles. The van der Waals surface area contributed by atoms with Gasteiger partial charge in [0.1, 0.15) is 17.3 Å². The van der Waals surface area contributed by atoms with Gasteiger partial charge in [0.2, 0.25) is 0 Å². The lowest BCUT2D eigenvalue weighted by molar-refractivity contribution is 0.138. The van der Waals surface area contributed by atoms with Gasteiger partial charge in [-0.05, 0) is 18.7 Å². The second-order valence-corrected chi connectivity index (χ2v) is 4.61. The van der Waals surface area contributed by atoms with Gasteiger partial charge in [-0.15, -0.1) is 0 Å². The van der Waals surface area contributed by atoms with E-state index in [9.17, 15) is 0 Å². The molecule has 0 bridgehead atoms. The number of ether oxygens (including phenoxy) is 2. The van der Waals surface area contributed by atoms with Gasteiger partial charge < -0.3 is 15.2 Å². The zero-order valence-corrected chi connectivity index (χ0v) is 12.4. The fourth-order valence-electron chi connectivity index (χ4n) is 1.68. The Morgan fingerprint density at radius 1 is 1.32 bits per heavy atom. The normalized spacial score (nSPS) is 10.7. The molecule has 0 aromatic heterocycles. The third-order valence-electron chi connectivity index (χ3n) is 2.85. The van der Waals surface area contributed by atoms with Crippen molar-refractivity contribution in [3.63, 3.8) is 0 Å². The lowest BCUT2D eigenvalue weighted by atomic mass is 10.2. The Balaban J connectivity index is 2.39. The largest absolute Gasteiger partial charge is 0.492 e. The number of rotatable bonds is 9. The number of methoxy groups -OCH3 is 1. The first kappa shape index (κ1) is 15.9. The monoisotopic (exact) mass is 282 g/mol. The summed E-state index contributed by atoms with van der Waals surface area (Å²) in [6.45, 7) is 6.28. The molecule has 0 aliphatic carbocycles. The van der Waals surface area contributed by atoms with Crippen molar-refractivity contribution in [2.45, 2.75) is 6.92 Å². The molecule has 0 unspecified atom stereocenters. The fraction of sp³-hybridized carbons (Fsp3) is 0.500. The van der Waals surface area contributed by atoms with E-state index in [2.05, 4.69) is 11.8 Å². The van der Waals surface area contributed by atoms with Crippen LogP contribution in [0.5, 0.6) is 5.75 Å². The molecule has 0 aliphatic rings. The van der Waals surface area contributed by atoms with E-state index < -0.39 is 0 Å². The summed E-state index contributed by atoms with van der Waals surface area (Å²) < 4.78 is 10.8. The van der Waals surface area contributed by atoms with E-state index in [0.717, 1.165) is 37.6 Å². The van der Waals surface area contributed by atoms with Crippen LogP contribution in [0.3, 0.4) is 0 Å². The van der Waals surface area contributed by atoms with Crippen molar-refractivity contribution < 1.29 is 9.47 Å². The molecule has 0 amide bonds. The topological polar surface area (TPSA) is 47.7 Å². The molecule has 19 heavy (non-hydrogen) atoms. The number of benzene rings is 1. The molecule has 0 radical (unpaired) electrons. The van der Waals surface area contributed by atoms with E-state index in [0.29, 0.717) is 11.6 Å². The Morgan fingerprint density at radius 2 is 2.05 bits per heavy atom. The molecule has 1 aromatic carbocycles. The third kappa shape index (κ3) is 6.00. The second kappa shape index (κ2) is 8.85. The Bertz CT molecular complexity index is 399. The van der Waals surface area contributed by atoms with Gasteiger partial charge in [-0.1, -0.05) is 31.3 Å². The molecule has 0 atom stereocenters. The molecule has 1 aromatic rings. The molecule has 0 fully saturated rings. The number of hydrogen-bond donors (Lipinski definition) is 1. The first-order chi connectivity index (χ1) is 9.17. The average molecular weight is 282 g/mol. The van der Waals surface area contributed by atoms with E-state index in [4.69, 9.17) is 27.4 Å². The van der Waals surface area contributed by atoms with Gasteiger partial charge in [0.15, 0.2) is 0 Å². The van der Waals surface area contributed by atoms with Crippen LogP contribution >= 0.6 is 12.2 Å². The summed E-state index contributed by atoms with van der Waals surface area (Å²) in [5, 5.41) is 0. The van der Waals surface area contributed by atoms with Gasteiger partial charge in [-0.2, -0.15) is 0 Å². The minimum atomic E-state index is 0.390. The number of nitrogens with two attached hydrogens (primary N) is 1. The molecule has 2 N–H and O–H groups in total. The molecule has 1 rings (SSSR count).